The van der Waals surface area contributed by atoms with Crippen LogP contribution >= 0.6 is 0 Å². The first-order chi connectivity index (χ1) is 16.8. The number of hydrogen-bond acceptors (Lipinski definition) is 3. The van der Waals surface area contributed by atoms with Gasteiger partial charge < -0.3 is 9.47 Å². The molecule has 0 spiro atoms. The van der Waals surface area contributed by atoms with Gasteiger partial charge in [-0.05, 0) is 42.9 Å². The first-order valence-corrected chi connectivity index (χ1v) is 12.6. The molecule has 1 aromatic heterocycles. The number of carbonyl (C=O) groups excluding carboxylic acids is 1. The third-order valence-electron chi connectivity index (χ3n) is 6.35. The molecule has 0 bridgehead atoms. The number of ketones is 1. The molecule has 0 saturated carbocycles. The van der Waals surface area contributed by atoms with Gasteiger partial charge in [0.1, 0.15) is 11.5 Å². The molecule has 0 N–H and O–H groups in total. The minimum Gasteiger partial charge on any atom is -0.493 e. The second kappa shape index (κ2) is 10.9. The van der Waals surface area contributed by atoms with E-state index >= 15 is 0 Å². The number of fused-ring (bicyclic) bond motifs is 2. The standard InChI is InChI=1S/C30H37N2O3/c1-21(2)14-16-34-29-18-25(28(33)19-32-20-31(5)26-12-8-9-13-27(26)32)30(35-17-15-22(3)4)24-11-7-6-10-23(24)29/h6-13,18,20-22H,14-17,19H2,1-5H3/q+1. The van der Waals surface area contributed by atoms with Gasteiger partial charge in [-0.25, -0.2) is 9.13 Å². The van der Waals surface area contributed by atoms with Gasteiger partial charge in [-0.15, -0.1) is 0 Å². The molecule has 4 rings (SSSR count). The summed E-state index contributed by atoms with van der Waals surface area (Å²) in [4.78, 5) is 13.8. The Kier molecular flexibility index (Phi) is 7.74. The maximum atomic E-state index is 13.8. The SMILES string of the molecule is CC(C)CCOc1cc(C(=O)Cn2c[n+](C)c3ccccc32)c(OCCC(C)C)c2ccccc12. The lowest BCUT2D eigenvalue weighted by Gasteiger charge is -2.18. The van der Waals surface area contributed by atoms with Gasteiger partial charge in [0.2, 0.25) is 12.1 Å². The number of hydrogen-bond donors (Lipinski definition) is 0. The Bertz CT molecular complexity index is 1320. The van der Waals surface area contributed by atoms with Crippen LogP contribution in [0.4, 0.5) is 0 Å². The summed E-state index contributed by atoms with van der Waals surface area (Å²) in [6.07, 6.45) is 3.85. The van der Waals surface area contributed by atoms with Crippen LogP contribution in [-0.2, 0) is 13.6 Å². The van der Waals surface area contributed by atoms with Crippen molar-refractivity contribution >= 4 is 27.6 Å². The van der Waals surface area contributed by atoms with Crippen LogP contribution in [0.1, 0.15) is 50.9 Å². The number of aromatic nitrogens is 2. The normalized spacial score (nSPS) is 11.6. The molecule has 0 fully saturated rings. The molecule has 0 saturated heterocycles. The van der Waals surface area contributed by atoms with Crippen LogP contribution in [-0.4, -0.2) is 23.6 Å². The lowest BCUT2D eigenvalue weighted by Crippen LogP contribution is -2.25. The van der Waals surface area contributed by atoms with Crippen molar-refractivity contribution in [3.05, 3.63) is 66.5 Å². The molecule has 4 aromatic rings. The quantitative estimate of drug-likeness (QED) is 0.188. The number of Topliss-reactive ketones (excluding diaryl/α,β-unsaturated/α-hetero) is 1. The summed E-state index contributed by atoms with van der Waals surface area (Å²) >= 11 is 0. The Balaban J connectivity index is 1.75. The van der Waals surface area contributed by atoms with Gasteiger partial charge in [0.05, 0.1) is 25.8 Å². The van der Waals surface area contributed by atoms with Crippen molar-refractivity contribution in [3.8, 4) is 11.5 Å². The van der Waals surface area contributed by atoms with Crippen LogP contribution in [0.5, 0.6) is 11.5 Å². The zero-order chi connectivity index (χ0) is 24.9. The lowest BCUT2D eigenvalue weighted by atomic mass is 10.0. The van der Waals surface area contributed by atoms with E-state index in [0.717, 1.165) is 40.4 Å². The second-order valence-corrected chi connectivity index (χ2v) is 10.1. The molecule has 5 nitrogen and oxygen atoms in total. The smallest absolute Gasteiger partial charge is 0.244 e. The van der Waals surface area contributed by atoms with E-state index in [1.165, 1.54) is 0 Å². The molecule has 0 aliphatic rings. The number of aryl methyl sites for hydroxylation is 1. The molecule has 0 atom stereocenters. The van der Waals surface area contributed by atoms with Gasteiger partial charge in [-0.3, -0.25) is 4.79 Å². The summed E-state index contributed by atoms with van der Waals surface area (Å²) in [5.41, 5.74) is 2.69. The van der Waals surface area contributed by atoms with Crippen molar-refractivity contribution < 1.29 is 18.8 Å². The topological polar surface area (TPSA) is 44.3 Å². The minimum atomic E-state index is 0.00497. The predicted octanol–water partition coefficient (Wildman–Crippen LogP) is 6.35. The Hall–Kier alpha value is -3.34. The number of para-hydroxylation sites is 2. The van der Waals surface area contributed by atoms with Crippen LogP contribution in [0, 0.1) is 11.8 Å². The van der Waals surface area contributed by atoms with E-state index in [9.17, 15) is 4.79 Å². The molecule has 3 aromatic carbocycles. The van der Waals surface area contributed by atoms with E-state index in [1.807, 2.05) is 71.0 Å². The zero-order valence-electron chi connectivity index (χ0n) is 21.6. The first kappa shape index (κ1) is 24.8. The molecule has 0 unspecified atom stereocenters. The Labute approximate surface area is 208 Å². The van der Waals surface area contributed by atoms with Crippen LogP contribution in [0.3, 0.4) is 0 Å². The van der Waals surface area contributed by atoms with Crippen molar-refractivity contribution in [2.24, 2.45) is 18.9 Å². The largest absolute Gasteiger partial charge is 0.493 e. The third-order valence-corrected chi connectivity index (χ3v) is 6.35. The molecular weight excluding hydrogens is 436 g/mol. The maximum absolute atomic E-state index is 13.8. The molecule has 1 heterocycles. The van der Waals surface area contributed by atoms with E-state index in [-0.39, 0.29) is 12.3 Å². The van der Waals surface area contributed by atoms with Gasteiger partial charge in [0.25, 0.3) is 0 Å². The molecule has 5 heteroatoms. The summed E-state index contributed by atoms with van der Waals surface area (Å²) in [6.45, 7) is 10.1. The molecule has 0 aliphatic heterocycles. The van der Waals surface area contributed by atoms with E-state index in [4.69, 9.17) is 9.47 Å². The summed E-state index contributed by atoms with van der Waals surface area (Å²) in [5, 5.41) is 1.90. The van der Waals surface area contributed by atoms with Crippen molar-refractivity contribution in [2.45, 2.75) is 47.1 Å². The highest BCUT2D eigenvalue weighted by atomic mass is 16.5. The fourth-order valence-electron chi connectivity index (χ4n) is 4.30. The highest BCUT2D eigenvalue weighted by Gasteiger charge is 2.23. The van der Waals surface area contributed by atoms with Crippen LogP contribution in [0.2, 0.25) is 0 Å². The van der Waals surface area contributed by atoms with Gasteiger partial charge in [-0.2, -0.15) is 0 Å². The summed E-state index contributed by atoms with van der Waals surface area (Å²) in [7, 11) is 2.00. The van der Waals surface area contributed by atoms with E-state index in [0.29, 0.717) is 36.4 Å². The zero-order valence-corrected chi connectivity index (χ0v) is 21.6. The molecule has 0 amide bonds. The number of benzene rings is 3. The van der Waals surface area contributed by atoms with Crippen molar-refractivity contribution in [3.63, 3.8) is 0 Å². The summed E-state index contributed by atoms with van der Waals surface area (Å²) in [6, 6.07) is 18.1. The average molecular weight is 474 g/mol. The Morgan fingerprint density at radius 3 is 2.23 bits per heavy atom. The number of rotatable bonds is 11. The van der Waals surface area contributed by atoms with Crippen LogP contribution in [0.15, 0.2) is 60.9 Å². The van der Waals surface area contributed by atoms with E-state index in [2.05, 4.69) is 33.8 Å². The maximum Gasteiger partial charge on any atom is 0.244 e. The van der Waals surface area contributed by atoms with E-state index < -0.39 is 0 Å². The molecule has 0 radical (unpaired) electrons. The van der Waals surface area contributed by atoms with Crippen LogP contribution in [0.25, 0.3) is 21.8 Å². The van der Waals surface area contributed by atoms with Crippen molar-refractivity contribution in [1.29, 1.82) is 0 Å². The number of nitrogens with zero attached hydrogens (tertiary/aromatic N) is 2. The molecule has 35 heavy (non-hydrogen) atoms. The summed E-state index contributed by atoms with van der Waals surface area (Å²) < 4.78 is 16.6. The van der Waals surface area contributed by atoms with Gasteiger partial charge in [0.15, 0.2) is 17.6 Å². The van der Waals surface area contributed by atoms with Crippen LogP contribution < -0.4 is 14.0 Å². The first-order valence-electron chi connectivity index (χ1n) is 12.6. The molecular formula is C30H37N2O3+. The van der Waals surface area contributed by atoms with Crippen molar-refractivity contribution in [2.75, 3.05) is 13.2 Å². The average Bonchev–Trinajstić information content (AvgIpc) is 3.14. The van der Waals surface area contributed by atoms with Gasteiger partial charge >= 0.3 is 0 Å². The highest BCUT2D eigenvalue weighted by molar-refractivity contribution is 6.07. The number of ether oxygens (including phenoxy) is 2. The predicted molar refractivity (Wildman–Crippen MR) is 141 cm³/mol. The second-order valence-electron chi connectivity index (χ2n) is 10.1. The minimum absolute atomic E-state index is 0.00497. The third kappa shape index (κ3) is 5.67. The fourth-order valence-corrected chi connectivity index (χ4v) is 4.30. The Morgan fingerprint density at radius 1 is 0.886 bits per heavy atom. The fraction of sp³-hybridized carbons (Fsp3) is 0.400. The van der Waals surface area contributed by atoms with Gasteiger partial charge in [-0.1, -0.05) is 64.1 Å². The monoisotopic (exact) mass is 473 g/mol. The van der Waals surface area contributed by atoms with Gasteiger partial charge in [0, 0.05) is 10.8 Å². The number of carbonyl (C=O) groups is 1. The lowest BCUT2D eigenvalue weighted by molar-refractivity contribution is -0.645. The Morgan fingerprint density at radius 2 is 1.51 bits per heavy atom. The summed E-state index contributed by atoms with van der Waals surface area (Å²) in [5.74, 6) is 2.46. The molecule has 184 valence electrons. The van der Waals surface area contributed by atoms with E-state index in [1.54, 1.807) is 0 Å². The number of imidazole rings is 1. The highest BCUT2D eigenvalue weighted by Crippen LogP contribution is 2.38. The molecule has 0 aliphatic carbocycles. The van der Waals surface area contributed by atoms with Crippen molar-refractivity contribution in [1.82, 2.24) is 4.57 Å².